The molecule has 0 amide bonds. The van der Waals surface area contributed by atoms with Crippen molar-refractivity contribution in [3.63, 3.8) is 0 Å². The number of H-pyrrole nitrogens is 1. The summed E-state index contributed by atoms with van der Waals surface area (Å²) in [6.07, 6.45) is 1.83. The third kappa shape index (κ3) is 1.78. The molecule has 0 saturated heterocycles. The minimum atomic E-state index is -0.0599. The molecule has 0 radical (unpaired) electrons. The Hall–Kier alpha value is -2.81. The van der Waals surface area contributed by atoms with Crippen molar-refractivity contribution in [2.24, 2.45) is 0 Å². The largest absolute Gasteiger partial charge is 0.452 e. The number of benzene rings is 2. The molecule has 1 N–H and O–H groups in total. The molecule has 0 unspecified atom stereocenters. The molecule has 1 aliphatic heterocycles. The van der Waals surface area contributed by atoms with Gasteiger partial charge in [0.1, 0.15) is 5.75 Å². The molecule has 2 heterocycles. The predicted molar refractivity (Wildman–Crippen MR) is 82.4 cm³/mol. The summed E-state index contributed by atoms with van der Waals surface area (Å²) in [5.74, 6) is 0.950. The molecule has 1 aliphatic rings. The van der Waals surface area contributed by atoms with E-state index in [4.69, 9.17) is 4.74 Å². The van der Waals surface area contributed by atoms with Crippen LogP contribution in [-0.4, -0.2) is 10.8 Å². The lowest BCUT2D eigenvalue weighted by atomic mass is 10.1. The average molecular weight is 275 g/mol. The Bertz CT molecular complexity index is 902. The second-order valence-electron chi connectivity index (χ2n) is 5.15. The van der Waals surface area contributed by atoms with Gasteiger partial charge >= 0.3 is 0 Å². The van der Waals surface area contributed by atoms with Crippen molar-refractivity contribution in [3.8, 4) is 5.75 Å². The summed E-state index contributed by atoms with van der Waals surface area (Å²) in [5, 5.41) is 1.09. The summed E-state index contributed by atoms with van der Waals surface area (Å²) in [4.78, 5) is 15.7. The van der Waals surface area contributed by atoms with E-state index in [1.165, 1.54) is 0 Å². The van der Waals surface area contributed by atoms with Crippen LogP contribution in [0.4, 0.5) is 0 Å². The van der Waals surface area contributed by atoms with Crippen LogP contribution >= 0.6 is 0 Å². The van der Waals surface area contributed by atoms with Crippen molar-refractivity contribution < 1.29 is 9.53 Å². The molecule has 0 aliphatic carbocycles. The van der Waals surface area contributed by atoms with Crippen LogP contribution in [0, 0.1) is 6.92 Å². The fourth-order valence-electron chi connectivity index (χ4n) is 2.75. The fourth-order valence-corrected chi connectivity index (χ4v) is 2.75. The van der Waals surface area contributed by atoms with E-state index >= 15 is 0 Å². The first kappa shape index (κ1) is 12.0. The van der Waals surface area contributed by atoms with Gasteiger partial charge in [0.25, 0.3) is 0 Å². The maximum atomic E-state index is 12.4. The number of aromatic nitrogens is 1. The first-order valence-corrected chi connectivity index (χ1v) is 6.84. The van der Waals surface area contributed by atoms with E-state index in [0.29, 0.717) is 17.1 Å². The van der Waals surface area contributed by atoms with Crippen LogP contribution in [0.3, 0.4) is 0 Å². The average Bonchev–Trinajstić information content (AvgIpc) is 2.99. The number of hydrogen-bond donors (Lipinski definition) is 1. The van der Waals surface area contributed by atoms with E-state index in [0.717, 1.165) is 22.2 Å². The molecule has 1 aromatic heterocycles. The Morgan fingerprint density at radius 2 is 1.81 bits per heavy atom. The second-order valence-corrected chi connectivity index (χ2v) is 5.15. The smallest absolute Gasteiger partial charge is 0.231 e. The summed E-state index contributed by atoms with van der Waals surface area (Å²) in [7, 11) is 0. The Balaban J connectivity index is 1.86. The molecule has 3 heteroatoms. The van der Waals surface area contributed by atoms with Gasteiger partial charge in [0.05, 0.1) is 5.56 Å². The maximum absolute atomic E-state index is 12.4. The Labute approximate surface area is 121 Å². The van der Waals surface area contributed by atoms with Crippen molar-refractivity contribution in [1.82, 2.24) is 4.98 Å². The number of carbonyl (C=O) groups is 1. The standard InChI is InChI=1S/C18H13NO2/c1-11-14(12-6-2-4-8-15(12)19-11)10-17-18(20)13-7-3-5-9-16(13)21-17/h2-10,19H,1H3. The van der Waals surface area contributed by atoms with Gasteiger partial charge in [-0.3, -0.25) is 4.79 Å². The lowest BCUT2D eigenvalue weighted by Crippen LogP contribution is -1.98. The normalized spacial score (nSPS) is 15.5. The highest BCUT2D eigenvalue weighted by Crippen LogP contribution is 2.33. The zero-order valence-electron chi connectivity index (χ0n) is 11.5. The summed E-state index contributed by atoms with van der Waals surface area (Å²) >= 11 is 0. The zero-order valence-corrected chi connectivity index (χ0v) is 11.5. The lowest BCUT2D eigenvalue weighted by Gasteiger charge is -1.98. The molecule has 21 heavy (non-hydrogen) atoms. The van der Waals surface area contributed by atoms with Gasteiger partial charge in [-0.25, -0.2) is 0 Å². The Morgan fingerprint density at radius 3 is 2.67 bits per heavy atom. The predicted octanol–water partition coefficient (Wildman–Crippen LogP) is 4.09. The summed E-state index contributed by atoms with van der Waals surface area (Å²) < 4.78 is 5.69. The van der Waals surface area contributed by atoms with Gasteiger partial charge in [-0.1, -0.05) is 30.3 Å². The monoisotopic (exact) mass is 275 g/mol. The van der Waals surface area contributed by atoms with Gasteiger partial charge < -0.3 is 9.72 Å². The van der Waals surface area contributed by atoms with Crippen LogP contribution in [0.5, 0.6) is 5.75 Å². The van der Waals surface area contributed by atoms with Gasteiger partial charge in [-0.2, -0.15) is 0 Å². The lowest BCUT2D eigenvalue weighted by molar-refractivity contribution is 0.101. The van der Waals surface area contributed by atoms with E-state index in [2.05, 4.69) is 4.98 Å². The number of para-hydroxylation sites is 2. The van der Waals surface area contributed by atoms with E-state index < -0.39 is 0 Å². The number of carbonyl (C=O) groups excluding carboxylic acids is 1. The van der Waals surface area contributed by atoms with Crippen LogP contribution in [0.15, 0.2) is 54.3 Å². The third-order valence-electron chi connectivity index (χ3n) is 3.79. The number of ketones is 1. The van der Waals surface area contributed by atoms with E-state index in [1.54, 1.807) is 6.07 Å². The molecule has 3 aromatic rings. The number of Topliss-reactive ketones (excluding diaryl/α,β-unsaturated/α-hetero) is 1. The van der Waals surface area contributed by atoms with Gasteiger partial charge in [-0.15, -0.1) is 0 Å². The van der Waals surface area contributed by atoms with Gasteiger partial charge in [0.2, 0.25) is 5.78 Å². The number of allylic oxidation sites excluding steroid dienone is 1. The molecule has 0 fully saturated rings. The summed E-state index contributed by atoms with van der Waals surface area (Å²) in [6.45, 7) is 2.00. The quantitative estimate of drug-likeness (QED) is 0.679. The minimum Gasteiger partial charge on any atom is -0.452 e. The zero-order chi connectivity index (χ0) is 14.4. The van der Waals surface area contributed by atoms with Gasteiger partial charge in [0.15, 0.2) is 5.76 Å². The molecule has 0 saturated carbocycles. The fraction of sp³-hybridized carbons (Fsp3) is 0.0556. The van der Waals surface area contributed by atoms with E-state index in [-0.39, 0.29) is 5.78 Å². The van der Waals surface area contributed by atoms with Crippen molar-refractivity contribution in [1.29, 1.82) is 0 Å². The molecule has 4 rings (SSSR count). The molecule has 102 valence electrons. The first-order chi connectivity index (χ1) is 10.2. The summed E-state index contributed by atoms with van der Waals surface area (Å²) in [5.41, 5.74) is 3.71. The topological polar surface area (TPSA) is 42.1 Å². The molecule has 0 spiro atoms. The SMILES string of the molecule is Cc1[nH]c2ccccc2c1C=C1Oc2ccccc2C1=O. The second kappa shape index (κ2) is 4.35. The van der Waals surface area contributed by atoms with Crippen LogP contribution in [0.2, 0.25) is 0 Å². The van der Waals surface area contributed by atoms with Crippen LogP contribution in [-0.2, 0) is 0 Å². The number of hydrogen-bond acceptors (Lipinski definition) is 2. The number of ether oxygens (including phenoxy) is 1. The van der Waals surface area contributed by atoms with Crippen molar-refractivity contribution >= 4 is 22.8 Å². The molecule has 3 nitrogen and oxygen atoms in total. The number of fused-ring (bicyclic) bond motifs is 2. The molecule has 2 aromatic carbocycles. The third-order valence-corrected chi connectivity index (χ3v) is 3.79. The molecule has 0 atom stereocenters. The van der Waals surface area contributed by atoms with Crippen LogP contribution in [0.1, 0.15) is 21.6 Å². The van der Waals surface area contributed by atoms with Gasteiger partial charge in [0, 0.05) is 22.2 Å². The Morgan fingerprint density at radius 1 is 1.05 bits per heavy atom. The van der Waals surface area contributed by atoms with Crippen molar-refractivity contribution in [3.05, 3.63) is 71.1 Å². The number of nitrogens with one attached hydrogen (secondary N) is 1. The van der Waals surface area contributed by atoms with Gasteiger partial charge in [-0.05, 0) is 31.2 Å². The number of aromatic amines is 1. The first-order valence-electron chi connectivity index (χ1n) is 6.84. The maximum Gasteiger partial charge on any atom is 0.231 e. The van der Waals surface area contributed by atoms with E-state index in [1.807, 2.05) is 55.5 Å². The highest BCUT2D eigenvalue weighted by molar-refractivity contribution is 6.15. The molecular weight excluding hydrogens is 262 g/mol. The summed E-state index contributed by atoms with van der Waals surface area (Å²) in [6, 6.07) is 15.4. The molecule has 0 bridgehead atoms. The van der Waals surface area contributed by atoms with Crippen LogP contribution < -0.4 is 4.74 Å². The van der Waals surface area contributed by atoms with Crippen molar-refractivity contribution in [2.75, 3.05) is 0 Å². The number of rotatable bonds is 1. The van der Waals surface area contributed by atoms with Crippen molar-refractivity contribution in [2.45, 2.75) is 6.92 Å². The highest BCUT2D eigenvalue weighted by atomic mass is 16.5. The van der Waals surface area contributed by atoms with Crippen LogP contribution in [0.25, 0.3) is 17.0 Å². The molecular formula is C18H13NO2. The Kier molecular flexibility index (Phi) is 2.48. The number of aryl methyl sites for hydroxylation is 1. The minimum absolute atomic E-state index is 0.0599. The van der Waals surface area contributed by atoms with E-state index in [9.17, 15) is 4.79 Å². The highest BCUT2D eigenvalue weighted by Gasteiger charge is 2.27.